The smallest absolute Gasteiger partial charge is 0.250 e. The second-order valence-electron chi connectivity index (χ2n) is 4.17. The molecule has 0 spiro atoms. The highest BCUT2D eigenvalue weighted by atomic mass is 32.1. The van der Waals surface area contributed by atoms with Crippen molar-refractivity contribution >= 4 is 28.7 Å². The molecule has 19 heavy (non-hydrogen) atoms. The van der Waals surface area contributed by atoms with Crippen LogP contribution in [0.1, 0.15) is 28.2 Å². The second kappa shape index (κ2) is 5.66. The molecule has 0 bridgehead atoms. The highest BCUT2D eigenvalue weighted by molar-refractivity contribution is 7.09. The van der Waals surface area contributed by atoms with Crippen molar-refractivity contribution < 1.29 is 4.79 Å². The maximum Gasteiger partial charge on any atom is 0.250 e. The topological polar surface area (TPSA) is 107 Å². The molecule has 0 aromatic carbocycles. The number of amides is 1. The maximum absolute atomic E-state index is 11.2. The van der Waals surface area contributed by atoms with Gasteiger partial charge in [0.1, 0.15) is 5.82 Å². The molecular weight excluding hydrogens is 262 g/mol. The Hall–Kier alpha value is -2.15. The number of pyridine rings is 1. The lowest BCUT2D eigenvalue weighted by Gasteiger charge is -2.11. The Kier molecular flexibility index (Phi) is 3.96. The van der Waals surface area contributed by atoms with E-state index < -0.39 is 5.91 Å². The van der Waals surface area contributed by atoms with E-state index in [1.54, 1.807) is 23.6 Å². The number of carbonyl (C=O) groups is 1. The lowest BCUT2D eigenvalue weighted by Crippen LogP contribution is -2.16. The summed E-state index contributed by atoms with van der Waals surface area (Å²) in [6, 6.07) is 1.56. The number of nitrogen functional groups attached to an aromatic ring is 1. The van der Waals surface area contributed by atoms with Crippen LogP contribution in [0.15, 0.2) is 23.8 Å². The third kappa shape index (κ3) is 3.19. The van der Waals surface area contributed by atoms with Crippen molar-refractivity contribution in [2.75, 3.05) is 17.6 Å². The summed E-state index contributed by atoms with van der Waals surface area (Å²) in [4.78, 5) is 19.5. The first-order valence-electron chi connectivity index (χ1n) is 5.76. The Morgan fingerprint density at radius 3 is 2.95 bits per heavy atom. The van der Waals surface area contributed by atoms with Gasteiger partial charge in [-0.25, -0.2) is 9.97 Å². The minimum Gasteiger partial charge on any atom is -0.397 e. The molecule has 2 aromatic heterocycles. The summed E-state index contributed by atoms with van der Waals surface area (Å²) in [6.07, 6.45) is 3.21. The molecule has 0 aliphatic carbocycles. The number of thiazole rings is 1. The van der Waals surface area contributed by atoms with Gasteiger partial charge < -0.3 is 16.8 Å². The molecule has 2 heterocycles. The number of anilines is 2. The third-order valence-corrected chi connectivity index (χ3v) is 3.67. The molecule has 1 unspecified atom stereocenters. The zero-order valence-corrected chi connectivity index (χ0v) is 11.3. The quantitative estimate of drug-likeness (QED) is 0.766. The van der Waals surface area contributed by atoms with E-state index in [9.17, 15) is 4.79 Å². The van der Waals surface area contributed by atoms with Gasteiger partial charge in [-0.3, -0.25) is 4.79 Å². The van der Waals surface area contributed by atoms with E-state index >= 15 is 0 Å². The average molecular weight is 277 g/mol. The maximum atomic E-state index is 11.2. The standard InChI is InChI=1S/C12H15N5OS/c1-7(12-15-2-3-19-12)5-16-10-4-8(11(14)18)9(13)6-17-10/h2-4,6-7H,5,13H2,1H3,(H2,14,18)(H,16,17). The van der Waals surface area contributed by atoms with Gasteiger partial charge in [0.2, 0.25) is 0 Å². The number of nitrogens with two attached hydrogens (primary N) is 2. The lowest BCUT2D eigenvalue weighted by atomic mass is 10.2. The van der Waals surface area contributed by atoms with E-state index in [0.717, 1.165) is 5.01 Å². The minimum atomic E-state index is -0.559. The molecule has 0 saturated heterocycles. The van der Waals surface area contributed by atoms with Gasteiger partial charge >= 0.3 is 0 Å². The van der Waals surface area contributed by atoms with E-state index in [0.29, 0.717) is 12.4 Å². The lowest BCUT2D eigenvalue weighted by molar-refractivity contribution is 0.100. The van der Waals surface area contributed by atoms with Crippen LogP contribution in [0.4, 0.5) is 11.5 Å². The Labute approximate surface area is 114 Å². The molecule has 7 heteroatoms. The molecule has 1 amide bonds. The van der Waals surface area contributed by atoms with Crippen LogP contribution in [0.3, 0.4) is 0 Å². The van der Waals surface area contributed by atoms with Gasteiger partial charge in [0.25, 0.3) is 5.91 Å². The monoisotopic (exact) mass is 277 g/mol. The zero-order valence-electron chi connectivity index (χ0n) is 10.5. The molecule has 0 saturated carbocycles. The van der Waals surface area contributed by atoms with E-state index in [4.69, 9.17) is 11.5 Å². The Balaban J connectivity index is 2.04. The van der Waals surface area contributed by atoms with Crippen LogP contribution in [0, 0.1) is 0 Å². The molecule has 0 aliphatic heterocycles. The summed E-state index contributed by atoms with van der Waals surface area (Å²) < 4.78 is 0. The summed E-state index contributed by atoms with van der Waals surface area (Å²) in [7, 11) is 0. The van der Waals surface area contributed by atoms with E-state index in [2.05, 4.69) is 22.2 Å². The summed E-state index contributed by atoms with van der Waals surface area (Å²) in [5.74, 6) is 0.277. The summed E-state index contributed by atoms with van der Waals surface area (Å²) >= 11 is 1.61. The van der Waals surface area contributed by atoms with E-state index in [1.165, 1.54) is 6.20 Å². The number of hydrogen-bond donors (Lipinski definition) is 3. The zero-order chi connectivity index (χ0) is 13.8. The van der Waals surface area contributed by atoms with Crippen LogP contribution in [0.5, 0.6) is 0 Å². The first kappa shape index (κ1) is 13.3. The van der Waals surface area contributed by atoms with Crippen molar-refractivity contribution in [3.05, 3.63) is 34.4 Å². The number of primary amides is 1. The third-order valence-electron chi connectivity index (χ3n) is 2.66. The van der Waals surface area contributed by atoms with Gasteiger partial charge in [0.15, 0.2) is 0 Å². The molecular formula is C12H15N5OS. The minimum absolute atomic E-state index is 0.261. The molecule has 0 aliphatic rings. The van der Waals surface area contributed by atoms with Crippen molar-refractivity contribution in [1.82, 2.24) is 9.97 Å². The first-order valence-corrected chi connectivity index (χ1v) is 6.64. The number of carbonyl (C=O) groups excluding carboxylic acids is 1. The number of hydrogen-bond acceptors (Lipinski definition) is 6. The summed E-state index contributed by atoms with van der Waals surface area (Å²) in [6.45, 7) is 2.74. The first-order chi connectivity index (χ1) is 9.08. The van der Waals surface area contributed by atoms with Crippen molar-refractivity contribution in [2.24, 2.45) is 5.73 Å². The Morgan fingerprint density at radius 1 is 1.53 bits per heavy atom. The van der Waals surface area contributed by atoms with E-state index in [-0.39, 0.29) is 17.2 Å². The van der Waals surface area contributed by atoms with Gasteiger partial charge in [0.05, 0.1) is 22.5 Å². The van der Waals surface area contributed by atoms with Crippen molar-refractivity contribution in [1.29, 1.82) is 0 Å². The number of nitrogens with one attached hydrogen (secondary N) is 1. The van der Waals surface area contributed by atoms with Gasteiger partial charge in [0, 0.05) is 24.0 Å². The van der Waals surface area contributed by atoms with Crippen LogP contribution < -0.4 is 16.8 Å². The van der Waals surface area contributed by atoms with Crippen molar-refractivity contribution in [3.8, 4) is 0 Å². The highest BCUT2D eigenvalue weighted by Crippen LogP contribution is 2.19. The predicted molar refractivity (Wildman–Crippen MR) is 76.2 cm³/mol. The molecule has 100 valence electrons. The van der Waals surface area contributed by atoms with Crippen molar-refractivity contribution in [2.45, 2.75) is 12.8 Å². The van der Waals surface area contributed by atoms with Gasteiger partial charge in [-0.1, -0.05) is 6.92 Å². The molecule has 5 N–H and O–H groups in total. The molecule has 2 aromatic rings. The SMILES string of the molecule is CC(CNc1cc(C(N)=O)c(N)cn1)c1nccs1. The normalized spacial score (nSPS) is 12.1. The second-order valence-corrected chi connectivity index (χ2v) is 5.10. The predicted octanol–water partition coefficient (Wildman–Crippen LogP) is 1.43. The Morgan fingerprint density at radius 2 is 2.32 bits per heavy atom. The van der Waals surface area contributed by atoms with Crippen LogP contribution in [0.2, 0.25) is 0 Å². The molecule has 2 rings (SSSR count). The molecule has 0 radical (unpaired) electrons. The highest BCUT2D eigenvalue weighted by Gasteiger charge is 2.10. The fraction of sp³-hybridized carbons (Fsp3) is 0.250. The van der Waals surface area contributed by atoms with Crippen LogP contribution in [0.25, 0.3) is 0 Å². The Bertz CT molecular complexity index is 570. The van der Waals surface area contributed by atoms with Crippen LogP contribution in [-0.4, -0.2) is 22.4 Å². The summed E-state index contributed by atoms with van der Waals surface area (Å²) in [5.41, 5.74) is 11.4. The number of aromatic nitrogens is 2. The molecule has 6 nitrogen and oxygen atoms in total. The molecule has 1 atom stereocenters. The van der Waals surface area contributed by atoms with Crippen molar-refractivity contribution in [3.63, 3.8) is 0 Å². The van der Waals surface area contributed by atoms with E-state index in [1.807, 2.05) is 5.38 Å². The van der Waals surface area contributed by atoms with Crippen LogP contribution >= 0.6 is 11.3 Å². The van der Waals surface area contributed by atoms with Gasteiger partial charge in [-0.2, -0.15) is 0 Å². The largest absolute Gasteiger partial charge is 0.397 e. The summed E-state index contributed by atoms with van der Waals surface area (Å²) in [5, 5.41) is 6.14. The number of rotatable bonds is 5. The number of nitrogens with zero attached hydrogens (tertiary/aromatic N) is 2. The van der Waals surface area contributed by atoms with Gasteiger partial charge in [-0.05, 0) is 6.07 Å². The average Bonchev–Trinajstić information content (AvgIpc) is 2.91. The van der Waals surface area contributed by atoms with Crippen LogP contribution in [-0.2, 0) is 0 Å². The van der Waals surface area contributed by atoms with Gasteiger partial charge in [-0.15, -0.1) is 11.3 Å². The fourth-order valence-electron chi connectivity index (χ4n) is 1.60. The fourth-order valence-corrected chi connectivity index (χ4v) is 2.30. The molecule has 0 fully saturated rings.